The lowest BCUT2D eigenvalue weighted by Gasteiger charge is -2.49. The minimum Gasteiger partial charge on any atom is -0.381 e. The number of piperazine rings is 1. The number of methoxy groups -OCH3 is 1. The topological polar surface area (TPSA) is 120 Å². The molecule has 3 fully saturated rings. The number of hydrogen-bond acceptors (Lipinski definition) is 7. The number of nitrogens with two attached hydrogens (primary N) is 1. The third-order valence-corrected chi connectivity index (χ3v) is 11.5. The van der Waals surface area contributed by atoms with Crippen LogP contribution in [0.5, 0.6) is 0 Å². The minimum absolute atomic E-state index is 0.00732. The highest BCUT2D eigenvalue weighted by Crippen LogP contribution is 2.49. The second kappa shape index (κ2) is 13.8. The molecule has 1 saturated carbocycles. The number of anilines is 1. The van der Waals surface area contributed by atoms with E-state index >= 15 is 4.39 Å². The van der Waals surface area contributed by atoms with E-state index in [1.807, 2.05) is 0 Å². The number of nitrogens with one attached hydrogen (secondary N) is 2. The van der Waals surface area contributed by atoms with Gasteiger partial charge < -0.3 is 21.1 Å². The van der Waals surface area contributed by atoms with Gasteiger partial charge in [-0.1, -0.05) is 12.1 Å². The second-order valence-corrected chi connectivity index (χ2v) is 14.3. The summed E-state index contributed by atoms with van der Waals surface area (Å²) in [5.41, 5.74) is 7.50. The third-order valence-electron chi connectivity index (χ3n) is 9.48. The number of fused-ring (bicyclic) bond motifs is 2. The van der Waals surface area contributed by atoms with Gasteiger partial charge in [0.25, 0.3) is 0 Å². The first kappa shape index (κ1) is 32.2. The Morgan fingerprint density at radius 1 is 1.12 bits per heavy atom. The summed E-state index contributed by atoms with van der Waals surface area (Å²) in [6.07, 6.45) is 5.28. The van der Waals surface area contributed by atoms with Crippen LogP contribution in [-0.2, 0) is 16.0 Å². The molecule has 8 nitrogen and oxygen atoms in total. The predicted octanol–water partition coefficient (Wildman–Crippen LogP) is 5.39. The highest BCUT2D eigenvalue weighted by atomic mass is 32.3. The van der Waals surface area contributed by atoms with Gasteiger partial charge >= 0.3 is 0 Å². The van der Waals surface area contributed by atoms with Gasteiger partial charge in [0.2, 0.25) is 5.91 Å². The molecule has 12 heteroatoms. The Bertz CT molecular complexity index is 1260. The molecule has 2 aromatic rings. The molecule has 2 aliphatic heterocycles. The van der Waals surface area contributed by atoms with Crippen LogP contribution >= 0.6 is 10.8 Å². The molecule has 2 saturated heterocycles. The summed E-state index contributed by atoms with van der Waals surface area (Å²) in [4.78, 5) is 13.6. The van der Waals surface area contributed by atoms with Crippen LogP contribution in [0.4, 0.5) is 18.9 Å². The van der Waals surface area contributed by atoms with Crippen LogP contribution in [0.1, 0.15) is 62.0 Å². The van der Waals surface area contributed by atoms with Crippen LogP contribution in [0.25, 0.3) is 0 Å². The number of rotatable bonds is 9. The maximum Gasteiger partial charge on any atom is 0.241 e. The van der Waals surface area contributed by atoms with Crippen LogP contribution in [-0.4, -0.2) is 69.5 Å². The summed E-state index contributed by atoms with van der Waals surface area (Å²) in [5.74, 6) is -3.09. The van der Waals surface area contributed by atoms with E-state index in [1.165, 1.54) is 18.2 Å². The smallest absolute Gasteiger partial charge is 0.241 e. The Balaban J connectivity index is 1.34. The monoisotopic (exact) mass is 624 g/mol. The number of hydrogen-bond donors (Lipinski definition) is 5. The number of halogens is 3. The van der Waals surface area contributed by atoms with Crippen molar-refractivity contribution in [2.24, 2.45) is 11.7 Å². The molecule has 0 aromatic heterocycles. The highest BCUT2D eigenvalue weighted by Gasteiger charge is 2.39. The molecule has 43 heavy (non-hydrogen) atoms. The van der Waals surface area contributed by atoms with Gasteiger partial charge in [0.15, 0.2) is 11.6 Å². The molecular formula is C31H43F3N4O4S. The van der Waals surface area contributed by atoms with Crippen LogP contribution in [0, 0.1) is 23.4 Å². The van der Waals surface area contributed by atoms with E-state index in [9.17, 15) is 22.7 Å². The van der Waals surface area contributed by atoms with Crippen LogP contribution in [0.2, 0.25) is 0 Å². The molecule has 6 N–H and O–H groups in total. The SMILES string of the molecule is COC1CCC([C@H](c2ccc(F)cc2)[C@H](N)C(=O)Nc2ccc(F)c(F)c2CC[C@H]2CN[C@@H]3CCCS(O)(O)N2C3)CC1. The summed E-state index contributed by atoms with van der Waals surface area (Å²) in [7, 11) is -1.27. The maximum absolute atomic E-state index is 15.2. The van der Waals surface area contributed by atoms with E-state index < -0.39 is 40.3 Å². The van der Waals surface area contributed by atoms with E-state index in [1.54, 1.807) is 23.5 Å². The Kier molecular flexibility index (Phi) is 10.4. The van der Waals surface area contributed by atoms with Crippen molar-refractivity contribution >= 4 is 22.4 Å². The van der Waals surface area contributed by atoms with Crippen LogP contribution in [0.15, 0.2) is 36.4 Å². The number of carbonyl (C=O) groups is 1. The third kappa shape index (κ3) is 7.38. The minimum atomic E-state index is -2.95. The lowest BCUT2D eigenvalue weighted by molar-refractivity contribution is -0.118. The van der Waals surface area contributed by atoms with Crippen molar-refractivity contribution in [2.75, 3.05) is 31.3 Å². The molecule has 1 aliphatic carbocycles. The Morgan fingerprint density at radius 2 is 1.84 bits per heavy atom. The van der Waals surface area contributed by atoms with E-state index in [0.717, 1.165) is 43.7 Å². The first-order chi connectivity index (χ1) is 20.6. The first-order valence-corrected chi connectivity index (χ1v) is 16.8. The fraction of sp³-hybridized carbons (Fsp3) is 0.581. The van der Waals surface area contributed by atoms with E-state index in [4.69, 9.17) is 10.5 Å². The van der Waals surface area contributed by atoms with Crippen molar-refractivity contribution in [3.8, 4) is 0 Å². The number of nitrogens with zero attached hydrogens (tertiary/aromatic N) is 1. The molecule has 238 valence electrons. The van der Waals surface area contributed by atoms with Gasteiger partial charge in [0.05, 0.1) is 17.9 Å². The largest absolute Gasteiger partial charge is 0.381 e. The van der Waals surface area contributed by atoms with Crippen molar-refractivity contribution in [3.05, 3.63) is 65.0 Å². The molecule has 0 spiro atoms. The molecule has 2 bridgehead atoms. The number of benzene rings is 2. The van der Waals surface area contributed by atoms with Gasteiger partial charge in [-0.05, 0) is 87.1 Å². The standard InChI is InChI=1S/C31H43F3N4O4S/c1-42-24-11-6-20(7-12-24)28(19-4-8-21(32)9-5-19)30(35)31(39)37-27-15-14-26(33)29(34)25(27)13-10-23-17-36-22-3-2-16-43(40,41)38(23)18-22/h4-5,8-9,14-15,20,22-24,28,30,36,40-41H,2-3,6-7,10-13,16-18,35H2,1H3,(H,37,39)/t20?,22-,23+,24?,28+,30+/m1/s1. The molecule has 3 aliphatic rings. The molecule has 1 unspecified atom stereocenters. The zero-order valence-electron chi connectivity index (χ0n) is 24.5. The fourth-order valence-electron chi connectivity index (χ4n) is 7.06. The van der Waals surface area contributed by atoms with E-state index in [0.29, 0.717) is 25.9 Å². The normalized spacial score (nSPS) is 29.2. The van der Waals surface area contributed by atoms with Crippen LogP contribution in [0.3, 0.4) is 0 Å². The average Bonchev–Trinajstić information content (AvgIpc) is 3.11. The van der Waals surface area contributed by atoms with Gasteiger partial charge in [-0.2, -0.15) is 0 Å². The molecule has 1 amide bonds. The summed E-state index contributed by atoms with van der Waals surface area (Å²) in [5, 5.41) is 6.20. The maximum atomic E-state index is 15.2. The Morgan fingerprint density at radius 3 is 2.53 bits per heavy atom. The van der Waals surface area contributed by atoms with Gasteiger partial charge in [-0.25, -0.2) is 17.5 Å². The molecule has 5 rings (SSSR count). The summed E-state index contributed by atoms with van der Waals surface area (Å²) >= 11 is 0. The number of carbonyl (C=O) groups excluding carboxylic acids is 1. The molecular weight excluding hydrogens is 581 g/mol. The van der Waals surface area contributed by atoms with Gasteiger partial charge in [-0.3, -0.25) is 13.9 Å². The zero-order chi connectivity index (χ0) is 30.7. The first-order valence-electron chi connectivity index (χ1n) is 15.1. The van der Waals surface area contributed by atoms with Crippen molar-refractivity contribution in [1.29, 1.82) is 0 Å². The Labute approximate surface area is 253 Å². The molecule has 2 aromatic carbocycles. The van der Waals surface area contributed by atoms with Crippen molar-refractivity contribution in [1.82, 2.24) is 9.62 Å². The van der Waals surface area contributed by atoms with Crippen molar-refractivity contribution < 1.29 is 31.8 Å². The Hall–Kier alpha value is -2.19. The zero-order valence-corrected chi connectivity index (χ0v) is 25.3. The molecule has 5 atom stereocenters. The van der Waals surface area contributed by atoms with E-state index in [-0.39, 0.29) is 53.3 Å². The quantitative estimate of drug-likeness (QED) is 0.254. The van der Waals surface area contributed by atoms with Gasteiger partial charge in [0, 0.05) is 49.5 Å². The average molecular weight is 625 g/mol. The van der Waals surface area contributed by atoms with Crippen molar-refractivity contribution in [3.63, 3.8) is 0 Å². The van der Waals surface area contributed by atoms with Gasteiger partial charge in [-0.15, -0.1) is 10.8 Å². The number of amides is 1. The molecule has 2 heterocycles. The molecule has 0 radical (unpaired) electrons. The summed E-state index contributed by atoms with van der Waals surface area (Å²) < 4.78 is 72.2. The lowest BCUT2D eigenvalue weighted by atomic mass is 9.72. The van der Waals surface area contributed by atoms with Gasteiger partial charge in [0.1, 0.15) is 5.82 Å². The lowest BCUT2D eigenvalue weighted by Crippen LogP contribution is -2.55. The van der Waals surface area contributed by atoms with Crippen molar-refractivity contribution in [2.45, 2.75) is 81.5 Å². The second-order valence-electron chi connectivity index (χ2n) is 12.1. The van der Waals surface area contributed by atoms with E-state index in [2.05, 4.69) is 10.6 Å². The van der Waals surface area contributed by atoms with Crippen LogP contribution < -0.4 is 16.4 Å². The summed E-state index contributed by atoms with van der Waals surface area (Å²) in [6.45, 7) is 0.975. The fourth-order valence-corrected chi connectivity index (χ4v) is 8.92. The number of ether oxygens (including phenoxy) is 1. The summed E-state index contributed by atoms with van der Waals surface area (Å²) in [6, 6.07) is 7.14. The predicted molar refractivity (Wildman–Crippen MR) is 162 cm³/mol. The highest BCUT2D eigenvalue weighted by molar-refractivity contribution is 8.22.